The highest BCUT2D eigenvalue weighted by atomic mass is 32.2. The third kappa shape index (κ3) is 7.61. The number of nitrogens with one attached hydrogen (secondary N) is 3. The summed E-state index contributed by atoms with van der Waals surface area (Å²) >= 11 is 2.85. The fourth-order valence-corrected chi connectivity index (χ4v) is 6.17. The lowest BCUT2D eigenvalue weighted by Gasteiger charge is -2.18. The van der Waals surface area contributed by atoms with E-state index in [1.807, 2.05) is 66.0 Å². The van der Waals surface area contributed by atoms with Crippen LogP contribution in [0.25, 0.3) is 6.08 Å². The molecule has 0 bridgehead atoms. The molecule has 3 N–H and O–H groups in total. The van der Waals surface area contributed by atoms with E-state index in [2.05, 4.69) is 16.0 Å². The molecule has 1 atom stereocenters. The molecule has 0 saturated carbocycles. The van der Waals surface area contributed by atoms with Gasteiger partial charge in [0.05, 0.1) is 0 Å². The summed E-state index contributed by atoms with van der Waals surface area (Å²) in [6.45, 7) is 0.153. The van der Waals surface area contributed by atoms with Crippen molar-refractivity contribution in [2.24, 2.45) is 0 Å². The van der Waals surface area contributed by atoms with Crippen LogP contribution in [-0.2, 0) is 9.59 Å². The zero-order valence-electron chi connectivity index (χ0n) is 23.8. The predicted octanol–water partition coefficient (Wildman–Crippen LogP) is 7.36. The van der Waals surface area contributed by atoms with Gasteiger partial charge in [0, 0.05) is 32.8 Å². The number of thiophene rings is 1. The van der Waals surface area contributed by atoms with Gasteiger partial charge in [0.15, 0.2) is 11.5 Å². The summed E-state index contributed by atoms with van der Waals surface area (Å²) in [5.41, 5.74) is 2.55. The van der Waals surface area contributed by atoms with Crippen molar-refractivity contribution in [3.8, 4) is 11.5 Å². The number of anilines is 2. The third-order valence-electron chi connectivity index (χ3n) is 6.71. The van der Waals surface area contributed by atoms with Gasteiger partial charge in [0.25, 0.3) is 11.8 Å². The summed E-state index contributed by atoms with van der Waals surface area (Å²) < 4.78 is 10.8. The number of thioether (sulfide) groups is 1. The van der Waals surface area contributed by atoms with E-state index >= 15 is 0 Å². The number of ether oxygens (including phenoxy) is 2. The minimum atomic E-state index is -0.550. The first kappa shape index (κ1) is 29.7. The Morgan fingerprint density at radius 2 is 1.47 bits per heavy atom. The van der Waals surface area contributed by atoms with Gasteiger partial charge in [-0.05, 0) is 71.6 Å². The second-order valence-electron chi connectivity index (χ2n) is 9.84. The minimum Gasteiger partial charge on any atom is -0.454 e. The molecule has 4 aromatic carbocycles. The molecule has 8 nitrogen and oxygen atoms in total. The summed E-state index contributed by atoms with van der Waals surface area (Å²) in [4.78, 5) is 41.4. The third-order valence-corrected chi connectivity index (χ3v) is 8.79. The van der Waals surface area contributed by atoms with Crippen LogP contribution in [-0.4, -0.2) is 24.5 Å². The molecule has 224 valence electrons. The van der Waals surface area contributed by atoms with Gasteiger partial charge in [0.2, 0.25) is 12.7 Å². The van der Waals surface area contributed by atoms with Crippen LogP contribution in [0.2, 0.25) is 0 Å². The molecule has 45 heavy (non-hydrogen) atoms. The Balaban J connectivity index is 1.16. The second-order valence-corrected chi connectivity index (χ2v) is 12.0. The quantitative estimate of drug-likeness (QED) is 0.110. The lowest BCUT2D eigenvalue weighted by Crippen LogP contribution is -2.30. The highest BCUT2D eigenvalue weighted by Gasteiger charge is 2.23. The van der Waals surface area contributed by atoms with Crippen molar-refractivity contribution in [2.45, 2.75) is 10.1 Å². The zero-order valence-corrected chi connectivity index (χ0v) is 25.4. The van der Waals surface area contributed by atoms with Gasteiger partial charge < -0.3 is 25.4 Å². The van der Waals surface area contributed by atoms with E-state index in [4.69, 9.17) is 9.47 Å². The van der Waals surface area contributed by atoms with Gasteiger partial charge >= 0.3 is 0 Å². The molecule has 1 aromatic heterocycles. The van der Waals surface area contributed by atoms with Gasteiger partial charge in [-0.15, -0.1) is 23.1 Å². The van der Waals surface area contributed by atoms with Crippen LogP contribution >= 0.6 is 23.1 Å². The van der Waals surface area contributed by atoms with Gasteiger partial charge in [0.1, 0.15) is 10.9 Å². The van der Waals surface area contributed by atoms with Gasteiger partial charge in [-0.25, -0.2) is 0 Å². The van der Waals surface area contributed by atoms with E-state index in [1.54, 1.807) is 60.7 Å². The lowest BCUT2D eigenvalue weighted by molar-refractivity contribution is -0.116. The molecule has 0 radical (unpaired) electrons. The summed E-state index contributed by atoms with van der Waals surface area (Å²) in [5, 5.41) is 9.96. The maximum atomic E-state index is 13.5. The molecular weight excluding hydrogens is 607 g/mol. The van der Waals surface area contributed by atoms with Crippen molar-refractivity contribution in [1.29, 1.82) is 0 Å². The van der Waals surface area contributed by atoms with E-state index in [0.29, 0.717) is 28.4 Å². The molecule has 10 heteroatoms. The average Bonchev–Trinajstić information content (AvgIpc) is 3.77. The molecule has 0 aliphatic carbocycles. The molecule has 1 aliphatic heterocycles. The van der Waals surface area contributed by atoms with E-state index < -0.39 is 11.2 Å². The van der Waals surface area contributed by atoms with Crippen molar-refractivity contribution in [3.05, 3.63) is 142 Å². The summed E-state index contributed by atoms with van der Waals surface area (Å²) in [6.07, 6.45) is 1.65. The minimum absolute atomic E-state index is 0.120. The Hall–Kier alpha value is -5.32. The van der Waals surface area contributed by atoms with Crippen molar-refractivity contribution in [2.75, 3.05) is 17.4 Å². The van der Waals surface area contributed by atoms with Gasteiger partial charge in [-0.3, -0.25) is 14.4 Å². The van der Waals surface area contributed by atoms with Crippen LogP contribution in [0.4, 0.5) is 11.4 Å². The van der Waals surface area contributed by atoms with Crippen LogP contribution in [0.15, 0.2) is 131 Å². The number of carbonyl (C=O) groups excluding carboxylic acids is 3. The van der Waals surface area contributed by atoms with Crippen molar-refractivity contribution >= 4 is 58.3 Å². The maximum absolute atomic E-state index is 13.5. The molecule has 1 unspecified atom stereocenters. The first-order chi connectivity index (χ1) is 22.0. The smallest absolute Gasteiger partial charge is 0.272 e. The average molecular weight is 634 g/mol. The Bertz CT molecular complexity index is 1830. The van der Waals surface area contributed by atoms with Gasteiger partial charge in [-0.1, -0.05) is 54.6 Å². The van der Waals surface area contributed by atoms with Crippen LogP contribution < -0.4 is 25.4 Å². The molecule has 1 aliphatic rings. The molecule has 5 aromatic rings. The molecule has 3 amide bonds. The predicted molar refractivity (Wildman–Crippen MR) is 178 cm³/mol. The number of rotatable bonds is 10. The topological polar surface area (TPSA) is 106 Å². The Labute approximate surface area is 268 Å². The molecule has 0 saturated heterocycles. The highest BCUT2D eigenvalue weighted by Crippen LogP contribution is 2.38. The van der Waals surface area contributed by atoms with E-state index in [1.165, 1.54) is 23.1 Å². The zero-order chi connectivity index (χ0) is 31.0. The van der Waals surface area contributed by atoms with E-state index in [0.717, 1.165) is 15.3 Å². The summed E-state index contributed by atoms with van der Waals surface area (Å²) in [6, 6.07) is 34.5. The SMILES string of the molecule is O=C(Nc1ccc(SC(C(=O)Nc2ccc3c(c2)OCO3)c2ccccc2)cc1)/C(=C/c1cccs1)NC(=O)c1ccccc1. The Kier molecular flexibility index (Phi) is 9.24. The van der Waals surface area contributed by atoms with Crippen LogP contribution in [0, 0.1) is 0 Å². The standard InChI is InChI=1S/C35H27N3O5S2/c39-33(24-10-5-2-6-11-24)38-29(21-28-12-7-19-44-28)34(40)36-25-13-16-27(17-14-25)45-32(23-8-3-1-4-9-23)35(41)37-26-15-18-30-31(20-26)43-22-42-30/h1-21,32H,22H2,(H,36,40)(H,37,41)(H,38,39)/b29-21-. The second kappa shape index (κ2) is 14.0. The first-order valence-electron chi connectivity index (χ1n) is 14.0. The van der Waals surface area contributed by atoms with Crippen LogP contribution in [0.3, 0.4) is 0 Å². The fourth-order valence-electron chi connectivity index (χ4n) is 4.49. The van der Waals surface area contributed by atoms with E-state index in [9.17, 15) is 14.4 Å². The lowest BCUT2D eigenvalue weighted by atomic mass is 10.1. The normalized spacial score (nSPS) is 12.7. The van der Waals surface area contributed by atoms with E-state index in [-0.39, 0.29) is 24.3 Å². The number of benzene rings is 4. The number of hydrogen-bond donors (Lipinski definition) is 3. The molecule has 6 rings (SSSR count). The highest BCUT2D eigenvalue weighted by molar-refractivity contribution is 8.00. The fraction of sp³-hybridized carbons (Fsp3) is 0.0571. The van der Waals surface area contributed by atoms with Crippen molar-refractivity contribution in [3.63, 3.8) is 0 Å². The summed E-state index contributed by atoms with van der Waals surface area (Å²) in [5.74, 6) is 0.189. The molecular formula is C35H27N3O5S2. The molecule has 2 heterocycles. The number of amides is 3. The van der Waals surface area contributed by atoms with Crippen LogP contribution in [0.5, 0.6) is 11.5 Å². The number of hydrogen-bond acceptors (Lipinski definition) is 7. The molecule has 0 spiro atoms. The van der Waals surface area contributed by atoms with Crippen LogP contribution in [0.1, 0.15) is 26.0 Å². The van der Waals surface area contributed by atoms with Crippen molar-refractivity contribution in [1.82, 2.24) is 5.32 Å². The Morgan fingerprint density at radius 1 is 0.756 bits per heavy atom. The monoisotopic (exact) mass is 633 g/mol. The Morgan fingerprint density at radius 3 is 2.20 bits per heavy atom. The molecule has 0 fully saturated rings. The van der Waals surface area contributed by atoms with Gasteiger partial charge in [-0.2, -0.15) is 0 Å². The van der Waals surface area contributed by atoms with Crippen molar-refractivity contribution < 1.29 is 23.9 Å². The number of fused-ring (bicyclic) bond motifs is 1. The largest absolute Gasteiger partial charge is 0.454 e. The maximum Gasteiger partial charge on any atom is 0.272 e. The number of carbonyl (C=O) groups is 3. The first-order valence-corrected chi connectivity index (χ1v) is 15.7. The summed E-state index contributed by atoms with van der Waals surface area (Å²) in [7, 11) is 0.